The highest BCUT2D eigenvalue weighted by atomic mass is 35.5. The summed E-state index contributed by atoms with van der Waals surface area (Å²) in [7, 11) is 0. The number of carbonyl (C=O) groups excluding carboxylic acids is 2. The number of benzene rings is 2. The Labute approximate surface area is 144 Å². The molecule has 1 atom stereocenters. The van der Waals surface area contributed by atoms with Gasteiger partial charge in [-0.1, -0.05) is 54.1 Å². The van der Waals surface area contributed by atoms with Crippen LogP contribution in [0.15, 0.2) is 59.5 Å². The highest BCUT2D eigenvalue weighted by Gasteiger charge is 2.17. The predicted molar refractivity (Wildman–Crippen MR) is 93.6 cm³/mol. The number of hydrogen-bond acceptors (Lipinski definition) is 3. The van der Waals surface area contributed by atoms with Gasteiger partial charge in [-0.25, -0.2) is 4.79 Å². The minimum absolute atomic E-state index is 0.361. The zero-order valence-corrected chi connectivity index (χ0v) is 14.2. The Morgan fingerprint density at radius 2 is 1.74 bits per heavy atom. The molecular weight excluding hydrogens is 332 g/mol. The molecule has 2 aromatic rings. The number of imide groups is 1. The Balaban J connectivity index is 1.81. The molecule has 0 aliphatic rings. The zero-order chi connectivity index (χ0) is 16.7. The van der Waals surface area contributed by atoms with Crippen molar-refractivity contribution in [3.63, 3.8) is 0 Å². The number of thioether (sulfide) groups is 1. The van der Waals surface area contributed by atoms with Crippen molar-refractivity contribution >= 4 is 35.3 Å². The molecule has 0 saturated heterocycles. The van der Waals surface area contributed by atoms with Gasteiger partial charge >= 0.3 is 6.03 Å². The Bertz CT molecular complexity index is 679. The quantitative estimate of drug-likeness (QED) is 0.807. The number of rotatable bonds is 5. The van der Waals surface area contributed by atoms with Gasteiger partial charge in [-0.05, 0) is 24.6 Å². The van der Waals surface area contributed by atoms with Crippen molar-refractivity contribution in [2.24, 2.45) is 0 Å². The summed E-state index contributed by atoms with van der Waals surface area (Å²) in [5.41, 5.74) is 0.966. The molecule has 0 heterocycles. The number of nitrogens with one attached hydrogen (secondary N) is 2. The molecular formula is C17H17ClN2O2S. The van der Waals surface area contributed by atoms with Crippen molar-refractivity contribution in [1.29, 1.82) is 0 Å². The summed E-state index contributed by atoms with van der Waals surface area (Å²) in [5.74, 6) is -0.361. The monoisotopic (exact) mass is 348 g/mol. The number of urea groups is 1. The highest BCUT2D eigenvalue weighted by molar-refractivity contribution is 8.00. The van der Waals surface area contributed by atoms with Gasteiger partial charge in [0.1, 0.15) is 0 Å². The van der Waals surface area contributed by atoms with Crippen LogP contribution < -0.4 is 10.6 Å². The molecule has 23 heavy (non-hydrogen) atoms. The average Bonchev–Trinajstić information content (AvgIpc) is 2.56. The second-order valence-corrected chi connectivity index (χ2v) is 6.64. The normalized spacial score (nSPS) is 11.6. The van der Waals surface area contributed by atoms with Crippen LogP contribution in [0.4, 0.5) is 4.79 Å². The second kappa shape index (κ2) is 8.60. The molecule has 1 unspecified atom stereocenters. The number of carbonyl (C=O) groups is 2. The molecule has 3 amide bonds. The molecule has 120 valence electrons. The third kappa shape index (κ3) is 5.62. The molecule has 0 saturated carbocycles. The molecule has 0 radical (unpaired) electrons. The minimum atomic E-state index is -0.509. The van der Waals surface area contributed by atoms with E-state index in [0.29, 0.717) is 11.6 Å². The van der Waals surface area contributed by atoms with E-state index < -0.39 is 11.3 Å². The Morgan fingerprint density at radius 1 is 1.09 bits per heavy atom. The summed E-state index contributed by atoms with van der Waals surface area (Å²) in [6.45, 7) is 2.10. The maximum Gasteiger partial charge on any atom is 0.321 e. The van der Waals surface area contributed by atoms with Crippen molar-refractivity contribution in [2.45, 2.75) is 23.6 Å². The fraction of sp³-hybridized carbons (Fsp3) is 0.176. The third-order valence-corrected chi connectivity index (χ3v) is 4.66. The maximum absolute atomic E-state index is 12.0. The Kier molecular flexibility index (Phi) is 6.50. The molecule has 0 aliphatic carbocycles. The van der Waals surface area contributed by atoms with Crippen LogP contribution in [-0.2, 0) is 11.3 Å². The smallest absolute Gasteiger partial charge is 0.321 e. The SMILES string of the molecule is CC(Sc1ccccc1Cl)C(=O)NC(=O)NCc1ccccc1. The number of amides is 3. The highest BCUT2D eigenvalue weighted by Crippen LogP contribution is 2.29. The van der Waals surface area contributed by atoms with Crippen LogP contribution >= 0.6 is 23.4 Å². The topological polar surface area (TPSA) is 58.2 Å². The summed E-state index contributed by atoms with van der Waals surface area (Å²) in [5, 5.41) is 5.15. The predicted octanol–water partition coefficient (Wildman–Crippen LogP) is 3.85. The summed E-state index contributed by atoms with van der Waals surface area (Å²) in [4.78, 5) is 24.6. The van der Waals surface area contributed by atoms with Gasteiger partial charge in [0.25, 0.3) is 0 Å². The molecule has 0 spiro atoms. The van der Waals surface area contributed by atoms with Crippen molar-refractivity contribution in [3.8, 4) is 0 Å². The fourth-order valence-electron chi connectivity index (χ4n) is 1.82. The molecule has 2 aromatic carbocycles. The van der Waals surface area contributed by atoms with Crippen LogP contribution in [0.2, 0.25) is 5.02 Å². The zero-order valence-electron chi connectivity index (χ0n) is 12.6. The molecule has 6 heteroatoms. The first-order chi connectivity index (χ1) is 11.1. The van der Waals surface area contributed by atoms with E-state index in [9.17, 15) is 9.59 Å². The first-order valence-electron chi connectivity index (χ1n) is 7.10. The van der Waals surface area contributed by atoms with E-state index in [1.54, 1.807) is 13.0 Å². The van der Waals surface area contributed by atoms with Crippen LogP contribution in [0.1, 0.15) is 12.5 Å². The summed E-state index contributed by atoms with van der Waals surface area (Å²) in [6, 6.07) is 16.3. The van der Waals surface area contributed by atoms with Gasteiger partial charge in [0, 0.05) is 11.4 Å². The van der Waals surface area contributed by atoms with E-state index in [0.717, 1.165) is 10.5 Å². The first kappa shape index (κ1) is 17.4. The second-order valence-electron chi connectivity index (χ2n) is 4.85. The van der Waals surface area contributed by atoms with Crippen LogP contribution in [0.3, 0.4) is 0 Å². The lowest BCUT2D eigenvalue weighted by Crippen LogP contribution is -2.42. The third-order valence-electron chi connectivity index (χ3n) is 3.04. The average molecular weight is 349 g/mol. The van der Waals surface area contributed by atoms with E-state index in [1.165, 1.54) is 11.8 Å². The van der Waals surface area contributed by atoms with Crippen LogP contribution in [0.5, 0.6) is 0 Å². The van der Waals surface area contributed by atoms with Gasteiger partial charge in [-0.3, -0.25) is 10.1 Å². The summed E-state index contributed by atoms with van der Waals surface area (Å²) in [6.07, 6.45) is 0. The van der Waals surface area contributed by atoms with Gasteiger partial charge in [-0.15, -0.1) is 11.8 Å². The first-order valence-corrected chi connectivity index (χ1v) is 8.36. The fourth-order valence-corrected chi connectivity index (χ4v) is 2.97. The van der Waals surface area contributed by atoms with E-state index in [-0.39, 0.29) is 5.91 Å². The van der Waals surface area contributed by atoms with E-state index >= 15 is 0 Å². The molecule has 0 aromatic heterocycles. The maximum atomic E-state index is 12.0. The van der Waals surface area contributed by atoms with E-state index in [2.05, 4.69) is 10.6 Å². The van der Waals surface area contributed by atoms with Gasteiger partial charge in [0.2, 0.25) is 5.91 Å². The van der Waals surface area contributed by atoms with Crippen LogP contribution in [0, 0.1) is 0 Å². The largest absolute Gasteiger partial charge is 0.334 e. The Hall–Kier alpha value is -1.98. The molecule has 0 bridgehead atoms. The molecule has 4 nitrogen and oxygen atoms in total. The van der Waals surface area contributed by atoms with Crippen LogP contribution in [-0.4, -0.2) is 17.2 Å². The van der Waals surface area contributed by atoms with E-state index in [4.69, 9.17) is 11.6 Å². The van der Waals surface area contributed by atoms with Gasteiger partial charge < -0.3 is 5.32 Å². The Morgan fingerprint density at radius 3 is 2.43 bits per heavy atom. The standard InChI is InChI=1S/C17H17ClN2O2S/c1-12(23-15-10-6-5-9-14(15)18)16(21)20-17(22)19-11-13-7-3-2-4-8-13/h2-10,12H,11H2,1H3,(H2,19,20,21,22). The van der Waals surface area contributed by atoms with Gasteiger partial charge in [0.15, 0.2) is 0 Å². The lowest BCUT2D eigenvalue weighted by atomic mass is 10.2. The van der Waals surface area contributed by atoms with Gasteiger partial charge in [0.05, 0.1) is 10.3 Å². The lowest BCUT2D eigenvalue weighted by Gasteiger charge is -2.12. The van der Waals surface area contributed by atoms with Crippen molar-refractivity contribution < 1.29 is 9.59 Å². The number of halogens is 1. The molecule has 0 aliphatic heterocycles. The van der Waals surface area contributed by atoms with Crippen molar-refractivity contribution in [2.75, 3.05) is 0 Å². The molecule has 2 rings (SSSR count). The molecule has 0 fully saturated rings. The van der Waals surface area contributed by atoms with Crippen molar-refractivity contribution in [3.05, 3.63) is 65.2 Å². The summed E-state index contributed by atoms with van der Waals surface area (Å²) < 4.78 is 0. The minimum Gasteiger partial charge on any atom is -0.334 e. The van der Waals surface area contributed by atoms with Gasteiger partial charge in [-0.2, -0.15) is 0 Å². The van der Waals surface area contributed by atoms with Crippen LogP contribution in [0.25, 0.3) is 0 Å². The molecule has 2 N–H and O–H groups in total. The number of hydrogen-bond donors (Lipinski definition) is 2. The lowest BCUT2D eigenvalue weighted by molar-refractivity contribution is -0.119. The van der Waals surface area contributed by atoms with Crippen molar-refractivity contribution in [1.82, 2.24) is 10.6 Å². The summed E-state index contributed by atoms with van der Waals surface area (Å²) >= 11 is 7.38. The van der Waals surface area contributed by atoms with E-state index in [1.807, 2.05) is 48.5 Å².